The van der Waals surface area contributed by atoms with E-state index in [0.717, 1.165) is 16.5 Å². The standard InChI is InChI=1S/C12H14O4/c1-14-4-5-16-12-7-9(8-13)6-11-10(12)2-3-15-11/h2-3,6-7,13H,4-5,8H2,1H3. The molecule has 2 aromatic rings. The number of furan rings is 1. The molecule has 0 aliphatic rings. The summed E-state index contributed by atoms with van der Waals surface area (Å²) in [5.74, 6) is 0.715. The molecule has 1 aromatic heterocycles. The van der Waals surface area contributed by atoms with Crippen LogP contribution in [0.4, 0.5) is 0 Å². The first kappa shape index (κ1) is 11.0. The highest BCUT2D eigenvalue weighted by molar-refractivity contribution is 5.84. The first-order valence-corrected chi connectivity index (χ1v) is 5.08. The fourth-order valence-electron chi connectivity index (χ4n) is 1.54. The molecule has 1 heterocycles. The van der Waals surface area contributed by atoms with Crippen molar-refractivity contribution in [2.45, 2.75) is 6.61 Å². The van der Waals surface area contributed by atoms with Gasteiger partial charge in [0.15, 0.2) is 0 Å². The van der Waals surface area contributed by atoms with Gasteiger partial charge in [-0.25, -0.2) is 0 Å². The molecule has 0 aliphatic heterocycles. The summed E-state index contributed by atoms with van der Waals surface area (Å²) in [5.41, 5.74) is 1.49. The van der Waals surface area contributed by atoms with Gasteiger partial charge >= 0.3 is 0 Å². The second kappa shape index (κ2) is 5.01. The van der Waals surface area contributed by atoms with Crippen molar-refractivity contribution in [3.8, 4) is 5.75 Å². The molecule has 4 heteroatoms. The van der Waals surface area contributed by atoms with Gasteiger partial charge in [0, 0.05) is 7.11 Å². The third-order valence-electron chi connectivity index (χ3n) is 2.32. The topological polar surface area (TPSA) is 51.8 Å². The molecule has 0 bridgehead atoms. The van der Waals surface area contributed by atoms with Crippen LogP contribution in [0.5, 0.6) is 5.75 Å². The van der Waals surface area contributed by atoms with E-state index < -0.39 is 0 Å². The summed E-state index contributed by atoms with van der Waals surface area (Å²) in [6.45, 7) is 0.978. The van der Waals surface area contributed by atoms with E-state index in [1.807, 2.05) is 12.1 Å². The zero-order valence-electron chi connectivity index (χ0n) is 9.10. The smallest absolute Gasteiger partial charge is 0.137 e. The summed E-state index contributed by atoms with van der Waals surface area (Å²) in [5, 5.41) is 10.0. The molecule has 0 radical (unpaired) electrons. The monoisotopic (exact) mass is 222 g/mol. The lowest BCUT2D eigenvalue weighted by Crippen LogP contribution is -2.04. The van der Waals surface area contributed by atoms with Crippen LogP contribution in [0.15, 0.2) is 28.9 Å². The minimum Gasteiger partial charge on any atom is -0.490 e. The quantitative estimate of drug-likeness (QED) is 0.785. The van der Waals surface area contributed by atoms with Gasteiger partial charge < -0.3 is 19.0 Å². The van der Waals surface area contributed by atoms with Gasteiger partial charge in [-0.2, -0.15) is 0 Å². The van der Waals surface area contributed by atoms with E-state index in [0.29, 0.717) is 19.0 Å². The van der Waals surface area contributed by atoms with Crippen molar-refractivity contribution in [3.63, 3.8) is 0 Å². The second-order valence-corrected chi connectivity index (χ2v) is 3.43. The van der Waals surface area contributed by atoms with Crippen LogP contribution in [0.2, 0.25) is 0 Å². The predicted octanol–water partition coefficient (Wildman–Crippen LogP) is 1.95. The van der Waals surface area contributed by atoms with E-state index in [1.165, 1.54) is 0 Å². The molecule has 0 atom stereocenters. The number of ether oxygens (including phenoxy) is 2. The van der Waals surface area contributed by atoms with Crippen LogP contribution in [0.3, 0.4) is 0 Å². The second-order valence-electron chi connectivity index (χ2n) is 3.43. The molecule has 0 amide bonds. The number of fused-ring (bicyclic) bond motifs is 1. The van der Waals surface area contributed by atoms with Crippen molar-refractivity contribution >= 4 is 11.0 Å². The van der Waals surface area contributed by atoms with E-state index in [9.17, 15) is 0 Å². The Kier molecular flexibility index (Phi) is 3.44. The molecule has 4 nitrogen and oxygen atoms in total. The molecule has 1 aromatic carbocycles. The third-order valence-corrected chi connectivity index (χ3v) is 2.32. The highest BCUT2D eigenvalue weighted by atomic mass is 16.5. The summed E-state index contributed by atoms with van der Waals surface area (Å²) < 4.78 is 15.8. The van der Waals surface area contributed by atoms with E-state index in [2.05, 4.69) is 0 Å². The fraction of sp³-hybridized carbons (Fsp3) is 0.333. The van der Waals surface area contributed by atoms with Crippen LogP contribution in [0.25, 0.3) is 11.0 Å². The third kappa shape index (κ3) is 2.18. The highest BCUT2D eigenvalue weighted by Gasteiger charge is 2.07. The Morgan fingerprint density at radius 1 is 1.31 bits per heavy atom. The number of hydrogen-bond acceptors (Lipinski definition) is 4. The maximum atomic E-state index is 9.11. The van der Waals surface area contributed by atoms with Gasteiger partial charge in [0.05, 0.1) is 24.9 Å². The molecule has 2 rings (SSSR count). The molecule has 16 heavy (non-hydrogen) atoms. The molecule has 0 saturated carbocycles. The Balaban J connectivity index is 2.29. The number of aliphatic hydroxyl groups excluding tert-OH is 1. The number of benzene rings is 1. The maximum absolute atomic E-state index is 9.11. The Morgan fingerprint density at radius 2 is 2.19 bits per heavy atom. The molecule has 0 aliphatic carbocycles. The average molecular weight is 222 g/mol. The summed E-state index contributed by atoms with van der Waals surface area (Å²) >= 11 is 0. The number of methoxy groups -OCH3 is 1. The zero-order valence-corrected chi connectivity index (χ0v) is 9.10. The van der Waals surface area contributed by atoms with Crippen LogP contribution in [-0.4, -0.2) is 25.4 Å². The number of aliphatic hydroxyl groups is 1. The van der Waals surface area contributed by atoms with Gasteiger partial charge in [0.2, 0.25) is 0 Å². The normalized spacial score (nSPS) is 10.9. The Bertz CT molecular complexity index is 461. The number of rotatable bonds is 5. The van der Waals surface area contributed by atoms with Crippen molar-refractivity contribution < 1.29 is 19.0 Å². The van der Waals surface area contributed by atoms with Gasteiger partial charge in [-0.15, -0.1) is 0 Å². The minimum absolute atomic E-state index is 0.0305. The largest absolute Gasteiger partial charge is 0.490 e. The van der Waals surface area contributed by atoms with Gasteiger partial charge in [0.25, 0.3) is 0 Å². The lowest BCUT2D eigenvalue weighted by Gasteiger charge is -2.08. The lowest BCUT2D eigenvalue weighted by atomic mass is 10.1. The predicted molar refractivity (Wildman–Crippen MR) is 59.5 cm³/mol. The van der Waals surface area contributed by atoms with Gasteiger partial charge in [-0.3, -0.25) is 0 Å². The lowest BCUT2D eigenvalue weighted by molar-refractivity contribution is 0.147. The maximum Gasteiger partial charge on any atom is 0.137 e. The van der Waals surface area contributed by atoms with Crippen molar-refractivity contribution in [3.05, 3.63) is 30.0 Å². The summed E-state index contributed by atoms with van der Waals surface area (Å²) in [6, 6.07) is 5.46. The molecule has 86 valence electrons. The molecule has 0 fully saturated rings. The first-order chi connectivity index (χ1) is 7.85. The van der Waals surface area contributed by atoms with E-state index >= 15 is 0 Å². The molecule has 0 saturated heterocycles. The van der Waals surface area contributed by atoms with Crippen molar-refractivity contribution in [1.82, 2.24) is 0 Å². The summed E-state index contributed by atoms with van der Waals surface area (Å²) in [4.78, 5) is 0. The fourth-order valence-corrected chi connectivity index (χ4v) is 1.54. The van der Waals surface area contributed by atoms with Gasteiger partial charge in [-0.1, -0.05) is 0 Å². The Labute approximate surface area is 93.4 Å². The van der Waals surface area contributed by atoms with Crippen molar-refractivity contribution in [2.24, 2.45) is 0 Å². The molecular weight excluding hydrogens is 208 g/mol. The highest BCUT2D eigenvalue weighted by Crippen LogP contribution is 2.28. The van der Waals surface area contributed by atoms with E-state index in [-0.39, 0.29) is 6.61 Å². The van der Waals surface area contributed by atoms with Crippen LogP contribution >= 0.6 is 0 Å². The average Bonchev–Trinajstić information content (AvgIpc) is 2.77. The molecule has 0 unspecified atom stereocenters. The van der Waals surface area contributed by atoms with Crippen molar-refractivity contribution in [1.29, 1.82) is 0 Å². The Hall–Kier alpha value is -1.52. The van der Waals surface area contributed by atoms with Crippen LogP contribution in [0.1, 0.15) is 5.56 Å². The van der Waals surface area contributed by atoms with Crippen LogP contribution in [-0.2, 0) is 11.3 Å². The van der Waals surface area contributed by atoms with Crippen LogP contribution in [0, 0.1) is 0 Å². The molecular formula is C12H14O4. The van der Waals surface area contributed by atoms with Gasteiger partial charge in [-0.05, 0) is 23.8 Å². The summed E-state index contributed by atoms with van der Waals surface area (Å²) in [7, 11) is 1.63. The number of hydrogen-bond donors (Lipinski definition) is 1. The SMILES string of the molecule is COCCOc1cc(CO)cc2occc12. The minimum atomic E-state index is -0.0305. The van der Waals surface area contributed by atoms with Crippen LogP contribution < -0.4 is 4.74 Å². The van der Waals surface area contributed by atoms with E-state index in [1.54, 1.807) is 19.4 Å². The molecule has 0 spiro atoms. The van der Waals surface area contributed by atoms with E-state index in [4.69, 9.17) is 19.0 Å². The molecule has 1 N–H and O–H groups in total. The summed E-state index contributed by atoms with van der Waals surface area (Å²) in [6.07, 6.45) is 1.61. The van der Waals surface area contributed by atoms with Gasteiger partial charge in [0.1, 0.15) is 17.9 Å². The Morgan fingerprint density at radius 3 is 2.94 bits per heavy atom. The zero-order chi connectivity index (χ0) is 11.4. The first-order valence-electron chi connectivity index (χ1n) is 5.08. The van der Waals surface area contributed by atoms with Crippen molar-refractivity contribution in [2.75, 3.05) is 20.3 Å².